The van der Waals surface area contributed by atoms with Gasteiger partial charge in [0.25, 0.3) is 11.1 Å². The molecule has 3 heterocycles. The van der Waals surface area contributed by atoms with Gasteiger partial charge in [0.1, 0.15) is 17.3 Å². The maximum Gasteiger partial charge on any atom is 0.418 e. The first-order valence-electron chi connectivity index (χ1n) is 8.38. The molecule has 0 saturated carbocycles. The number of nitrogens with zero attached hydrogens (tertiary/aromatic N) is 4. The summed E-state index contributed by atoms with van der Waals surface area (Å²) in [5.74, 6) is 0. The predicted octanol–water partition coefficient (Wildman–Crippen LogP) is 3.20. The molecule has 0 spiro atoms. The fraction of sp³-hybridized carbons (Fsp3) is 0.100. The summed E-state index contributed by atoms with van der Waals surface area (Å²) in [6.45, 7) is 1.68. The number of aryl methyl sites for hydroxylation is 1. The van der Waals surface area contributed by atoms with E-state index in [-0.39, 0.29) is 16.7 Å². The molecule has 6 nitrogen and oxygen atoms in total. The fourth-order valence-electron chi connectivity index (χ4n) is 3.23. The second-order valence-corrected chi connectivity index (χ2v) is 6.36. The van der Waals surface area contributed by atoms with Crippen molar-refractivity contribution in [3.05, 3.63) is 86.1 Å². The number of rotatable bonds is 1. The third kappa shape index (κ3) is 2.77. The molecule has 0 aliphatic rings. The van der Waals surface area contributed by atoms with Crippen molar-refractivity contribution >= 4 is 16.7 Å². The van der Waals surface area contributed by atoms with Gasteiger partial charge >= 0.3 is 6.18 Å². The van der Waals surface area contributed by atoms with Gasteiger partial charge in [-0.15, -0.1) is 0 Å². The average molecular weight is 396 g/mol. The van der Waals surface area contributed by atoms with E-state index in [1.54, 1.807) is 25.1 Å². The van der Waals surface area contributed by atoms with Crippen LogP contribution in [0, 0.1) is 18.3 Å². The maximum absolute atomic E-state index is 13.6. The summed E-state index contributed by atoms with van der Waals surface area (Å²) in [5, 5.41) is 9.17. The Morgan fingerprint density at radius 2 is 1.76 bits per heavy atom. The molecule has 0 bridgehead atoms. The number of alkyl halides is 3. The van der Waals surface area contributed by atoms with Gasteiger partial charge in [0.05, 0.1) is 16.6 Å². The third-order valence-corrected chi connectivity index (χ3v) is 4.57. The van der Waals surface area contributed by atoms with Crippen LogP contribution in [-0.2, 0) is 6.18 Å². The van der Waals surface area contributed by atoms with Crippen LogP contribution in [0.2, 0.25) is 0 Å². The van der Waals surface area contributed by atoms with Crippen molar-refractivity contribution in [1.82, 2.24) is 14.0 Å². The minimum atomic E-state index is -4.76. The van der Waals surface area contributed by atoms with Gasteiger partial charge in [-0.1, -0.05) is 18.2 Å². The molecular formula is C20H11F3N4O2. The standard InChI is InChI=1S/C20H11F3N4O2/c1-11-5-4-8-26-16(11)25-17-13(19(26)29)9-12(10-24)18(28)27(17)15-7-3-2-6-14(15)20(21,22)23/h2-9H,1H3. The Bertz CT molecular complexity index is 1460. The van der Waals surface area contributed by atoms with Crippen LogP contribution in [-0.4, -0.2) is 14.0 Å². The van der Waals surface area contributed by atoms with E-state index in [0.29, 0.717) is 10.1 Å². The monoisotopic (exact) mass is 396 g/mol. The van der Waals surface area contributed by atoms with Crippen LogP contribution in [0.15, 0.2) is 58.3 Å². The van der Waals surface area contributed by atoms with E-state index in [0.717, 1.165) is 18.2 Å². The fourth-order valence-corrected chi connectivity index (χ4v) is 3.23. The SMILES string of the molecule is Cc1cccn2c(=O)c3cc(C#N)c(=O)n(-c4ccccc4C(F)(F)F)c3nc12. The Labute approximate surface area is 160 Å². The van der Waals surface area contributed by atoms with E-state index in [1.807, 2.05) is 0 Å². The zero-order valence-electron chi connectivity index (χ0n) is 14.9. The largest absolute Gasteiger partial charge is 0.418 e. The lowest BCUT2D eigenvalue weighted by Crippen LogP contribution is -2.28. The summed E-state index contributed by atoms with van der Waals surface area (Å²) < 4.78 is 42.6. The molecule has 0 unspecified atom stereocenters. The van der Waals surface area contributed by atoms with Crippen molar-refractivity contribution in [2.45, 2.75) is 13.1 Å². The van der Waals surface area contributed by atoms with Crippen LogP contribution in [0.5, 0.6) is 0 Å². The summed E-state index contributed by atoms with van der Waals surface area (Å²) in [4.78, 5) is 30.1. The molecule has 0 amide bonds. The van der Waals surface area contributed by atoms with E-state index >= 15 is 0 Å². The van der Waals surface area contributed by atoms with Gasteiger partial charge in [-0.2, -0.15) is 18.4 Å². The van der Waals surface area contributed by atoms with Gasteiger partial charge in [-0.3, -0.25) is 18.6 Å². The minimum Gasteiger partial charge on any atom is -0.268 e. The lowest BCUT2D eigenvalue weighted by molar-refractivity contribution is -0.137. The molecule has 4 aromatic rings. The van der Waals surface area contributed by atoms with Gasteiger partial charge < -0.3 is 0 Å². The van der Waals surface area contributed by atoms with E-state index in [1.165, 1.54) is 22.7 Å². The Balaban J connectivity index is 2.30. The molecule has 29 heavy (non-hydrogen) atoms. The predicted molar refractivity (Wildman–Crippen MR) is 99.0 cm³/mol. The molecule has 3 aromatic heterocycles. The van der Waals surface area contributed by atoms with Crippen LogP contribution in [0.25, 0.3) is 22.4 Å². The number of para-hydroxylation sites is 1. The molecule has 0 atom stereocenters. The Kier molecular flexibility index (Phi) is 4.01. The molecule has 0 N–H and O–H groups in total. The number of benzene rings is 1. The highest BCUT2D eigenvalue weighted by molar-refractivity contribution is 5.80. The second-order valence-electron chi connectivity index (χ2n) is 6.36. The summed E-state index contributed by atoms with van der Waals surface area (Å²) in [5.41, 5.74) is -3.07. The highest BCUT2D eigenvalue weighted by Crippen LogP contribution is 2.34. The average Bonchev–Trinajstić information content (AvgIpc) is 2.68. The second kappa shape index (κ2) is 6.31. The van der Waals surface area contributed by atoms with Crippen molar-refractivity contribution in [3.63, 3.8) is 0 Å². The molecule has 0 radical (unpaired) electrons. The van der Waals surface area contributed by atoms with E-state index in [4.69, 9.17) is 0 Å². The summed E-state index contributed by atoms with van der Waals surface area (Å²) >= 11 is 0. The highest BCUT2D eigenvalue weighted by atomic mass is 19.4. The van der Waals surface area contributed by atoms with E-state index < -0.39 is 34.1 Å². The first-order chi connectivity index (χ1) is 13.7. The molecule has 0 aliphatic heterocycles. The molecule has 1 aromatic carbocycles. The maximum atomic E-state index is 13.6. The van der Waals surface area contributed by atoms with E-state index in [9.17, 15) is 28.0 Å². The zero-order chi connectivity index (χ0) is 20.9. The van der Waals surface area contributed by atoms with Crippen molar-refractivity contribution < 1.29 is 13.2 Å². The van der Waals surface area contributed by atoms with Crippen molar-refractivity contribution in [1.29, 1.82) is 5.26 Å². The van der Waals surface area contributed by atoms with Crippen LogP contribution >= 0.6 is 0 Å². The van der Waals surface area contributed by atoms with Gasteiger partial charge in [-0.25, -0.2) is 4.98 Å². The third-order valence-electron chi connectivity index (χ3n) is 4.57. The van der Waals surface area contributed by atoms with Gasteiger partial charge in [0.15, 0.2) is 5.65 Å². The normalized spacial score (nSPS) is 11.7. The molecule has 144 valence electrons. The van der Waals surface area contributed by atoms with Crippen molar-refractivity contribution in [2.24, 2.45) is 0 Å². The first kappa shape index (κ1) is 18.4. The van der Waals surface area contributed by atoms with Gasteiger partial charge in [0.2, 0.25) is 0 Å². The van der Waals surface area contributed by atoms with Gasteiger partial charge in [-0.05, 0) is 36.8 Å². The van der Waals surface area contributed by atoms with Crippen molar-refractivity contribution in [3.8, 4) is 11.8 Å². The molecular weight excluding hydrogens is 385 g/mol. The molecule has 4 rings (SSSR count). The molecule has 0 fully saturated rings. The van der Waals surface area contributed by atoms with Crippen LogP contribution < -0.4 is 11.1 Å². The Morgan fingerprint density at radius 1 is 1.03 bits per heavy atom. The topological polar surface area (TPSA) is 80.2 Å². The molecule has 0 saturated heterocycles. The summed E-state index contributed by atoms with van der Waals surface area (Å²) in [7, 11) is 0. The van der Waals surface area contributed by atoms with Crippen molar-refractivity contribution in [2.75, 3.05) is 0 Å². The summed E-state index contributed by atoms with van der Waals surface area (Å²) in [6, 6.07) is 10.5. The minimum absolute atomic E-state index is 0.138. The van der Waals surface area contributed by atoms with Gasteiger partial charge in [0, 0.05) is 6.20 Å². The number of hydrogen-bond donors (Lipinski definition) is 0. The molecule has 9 heteroatoms. The lowest BCUT2D eigenvalue weighted by atomic mass is 10.1. The first-order valence-corrected chi connectivity index (χ1v) is 8.38. The number of fused-ring (bicyclic) bond motifs is 2. The quantitative estimate of drug-likeness (QED) is 0.463. The number of aromatic nitrogens is 3. The number of hydrogen-bond acceptors (Lipinski definition) is 4. The number of halogens is 3. The zero-order valence-corrected chi connectivity index (χ0v) is 14.9. The van der Waals surface area contributed by atoms with Crippen LogP contribution in [0.3, 0.4) is 0 Å². The van der Waals surface area contributed by atoms with Crippen LogP contribution in [0.1, 0.15) is 16.7 Å². The smallest absolute Gasteiger partial charge is 0.268 e. The number of nitriles is 1. The Morgan fingerprint density at radius 3 is 2.45 bits per heavy atom. The highest BCUT2D eigenvalue weighted by Gasteiger charge is 2.34. The molecule has 0 aliphatic carbocycles. The summed E-state index contributed by atoms with van der Waals surface area (Å²) in [6.07, 6.45) is -3.30. The lowest BCUT2D eigenvalue weighted by Gasteiger charge is -2.16. The Hall–Kier alpha value is -3.93. The van der Waals surface area contributed by atoms with E-state index in [2.05, 4.69) is 4.98 Å². The van der Waals surface area contributed by atoms with Crippen LogP contribution in [0.4, 0.5) is 13.2 Å². The number of pyridine rings is 2.